The Morgan fingerprint density at radius 2 is 2.15 bits per heavy atom. The molecule has 4 rings (SSSR count). The van der Waals surface area contributed by atoms with Gasteiger partial charge in [0.05, 0.1) is 5.56 Å². The summed E-state index contributed by atoms with van der Waals surface area (Å²) in [6, 6.07) is 7.80. The van der Waals surface area contributed by atoms with Crippen LogP contribution < -0.4 is 10.9 Å². The summed E-state index contributed by atoms with van der Waals surface area (Å²) in [6.45, 7) is 2.02. The lowest BCUT2D eigenvalue weighted by molar-refractivity contribution is -0.116. The van der Waals surface area contributed by atoms with E-state index in [2.05, 4.69) is 31.2 Å². The van der Waals surface area contributed by atoms with Crippen LogP contribution in [0.1, 0.15) is 43.2 Å². The van der Waals surface area contributed by atoms with E-state index in [9.17, 15) is 9.59 Å². The summed E-state index contributed by atoms with van der Waals surface area (Å²) in [4.78, 5) is 33.1. The molecule has 0 amide bonds. The summed E-state index contributed by atoms with van der Waals surface area (Å²) in [5, 5.41) is 3.89. The number of rotatable bonds is 3. The van der Waals surface area contributed by atoms with Gasteiger partial charge in [-0.25, -0.2) is 4.98 Å². The number of thioether (sulfide) groups is 1. The van der Waals surface area contributed by atoms with E-state index >= 15 is 0 Å². The van der Waals surface area contributed by atoms with Crippen LogP contribution in [0.2, 0.25) is 0 Å². The normalized spacial score (nSPS) is 19.0. The first kappa shape index (κ1) is 17.5. The molecule has 0 radical (unpaired) electrons. The number of benzene rings is 1. The number of nitrogens with one attached hydrogen (secondary N) is 2. The number of aromatic amines is 1. The molecule has 1 atom stereocenters. The lowest BCUT2D eigenvalue weighted by atomic mass is 9.76. The van der Waals surface area contributed by atoms with Crippen molar-refractivity contribution in [3.63, 3.8) is 0 Å². The summed E-state index contributed by atoms with van der Waals surface area (Å²) >= 11 is 5.00. The summed E-state index contributed by atoms with van der Waals surface area (Å²) in [6.07, 6.45) is 2.15. The second-order valence-electron chi connectivity index (χ2n) is 6.35. The van der Waals surface area contributed by atoms with Gasteiger partial charge < -0.3 is 10.3 Å². The van der Waals surface area contributed by atoms with Gasteiger partial charge in [-0.2, -0.15) is 0 Å². The van der Waals surface area contributed by atoms with Crippen LogP contribution >= 0.6 is 27.7 Å². The van der Waals surface area contributed by atoms with Gasteiger partial charge in [0.25, 0.3) is 5.56 Å². The number of fused-ring (bicyclic) bond motifs is 1. The molecule has 134 valence electrons. The van der Waals surface area contributed by atoms with Gasteiger partial charge in [0.2, 0.25) is 0 Å². The van der Waals surface area contributed by atoms with Crippen LogP contribution in [0.15, 0.2) is 50.0 Å². The zero-order valence-electron chi connectivity index (χ0n) is 14.3. The van der Waals surface area contributed by atoms with Crippen molar-refractivity contribution >= 4 is 39.3 Å². The number of Topliss-reactive ketones (excluding diaryl/α,β-unsaturated/α-hetero) is 1. The molecule has 0 spiro atoms. The number of carbonyl (C=O) groups excluding carboxylic acids is 1. The molecule has 0 fully saturated rings. The Hall–Kier alpha value is -1.86. The summed E-state index contributed by atoms with van der Waals surface area (Å²) in [7, 11) is 0. The number of aromatic nitrogens is 2. The Morgan fingerprint density at radius 3 is 2.92 bits per heavy atom. The van der Waals surface area contributed by atoms with Crippen LogP contribution in [-0.2, 0) is 4.79 Å². The molecule has 1 aliphatic carbocycles. The minimum absolute atomic E-state index is 0.112. The fraction of sp³-hybridized carbons (Fsp3) is 0.316. The first-order chi connectivity index (χ1) is 12.6. The average molecular weight is 432 g/mol. The van der Waals surface area contributed by atoms with Gasteiger partial charge in [0.1, 0.15) is 5.82 Å². The van der Waals surface area contributed by atoms with Gasteiger partial charge in [-0.3, -0.25) is 9.59 Å². The minimum atomic E-state index is -0.386. The zero-order valence-corrected chi connectivity index (χ0v) is 16.7. The van der Waals surface area contributed by atoms with E-state index in [1.54, 1.807) is 0 Å². The van der Waals surface area contributed by atoms with Crippen molar-refractivity contribution in [2.75, 3.05) is 11.1 Å². The number of ketones is 1. The Balaban J connectivity index is 1.96. The number of carbonyl (C=O) groups is 1. The van der Waals surface area contributed by atoms with Gasteiger partial charge in [-0.15, -0.1) is 0 Å². The van der Waals surface area contributed by atoms with Crippen molar-refractivity contribution in [3.05, 3.63) is 61.5 Å². The van der Waals surface area contributed by atoms with Gasteiger partial charge in [-0.05, 0) is 36.3 Å². The zero-order chi connectivity index (χ0) is 18.3. The van der Waals surface area contributed by atoms with Crippen molar-refractivity contribution < 1.29 is 4.79 Å². The van der Waals surface area contributed by atoms with E-state index in [-0.39, 0.29) is 17.3 Å². The Labute approximate surface area is 163 Å². The van der Waals surface area contributed by atoms with Crippen LogP contribution in [0.5, 0.6) is 0 Å². The molecule has 2 heterocycles. The van der Waals surface area contributed by atoms with Gasteiger partial charge in [-0.1, -0.05) is 46.7 Å². The first-order valence-electron chi connectivity index (χ1n) is 8.64. The largest absolute Gasteiger partial charge is 0.343 e. The minimum Gasteiger partial charge on any atom is -0.343 e. The van der Waals surface area contributed by atoms with E-state index in [1.165, 1.54) is 11.8 Å². The molecule has 0 bridgehead atoms. The molecular weight excluding hydrogens is 414 g/mol. The predicted octanol–water partition coefficient (Wildman–Crippen LogP) is 4.21. The molecule has 26 heavy (non-hydrogen) atoms. The van der Waals surface area contributed by atoms with Crippen LogP contribution in [0.25, 0.3) is 0 Å². The molecule has 5 nitrogen and oxygen atoms in total. The highest BCUT2D eigenvalue weighted by Gasteiger charge is 2.37. The highest BCUT2D eigenvalue weighted by molar-refractivity contribution is 9.10. The van der Waals surface area contributed by atoms with Crippen LogP contribution in [0.3, 0.4) is 0 Å². The average Bonchev–Trinajstić information content (AvgIpc) is 2.60. The Morgan fingerprint density at radius 1 is 1.31 bits per heavy atom. The van der Waals surface area contributed by atoms with E-state index < -0.39 is 0 Å². The maximum Gasteiger partial charge on any atom is 0.257 e. The molecule has 2 N–H and O–H groups in total. The maximum absolute atomic E-state index is 12.9. The second-order valence-corrected chi connectivity index (χ2v) is 8.52. The van der Waals surface area contributed by atoms with Crippen molar-refractivity contribution in [1.82, 2.24) is 9.97 Å². The standard InChI is InChI=1S/C19H18BrN3O2S/c1-2-26-19-22-17-16(18(25)23-19)14(10-5-3-6-11(20)9-10)15-12(21-17)7-4-8-13(15)24/h3,5-6,9,14H,2,4,7-8H2,1H3,(H2,21,22,23,25)/t14-/m1/s1. The number of hydrogen-bond acceptors (Lipinski definition) is 5. The molecule has 2 aromatic rings. The molecule has 7 heteroatoms. The summed E-state index contributed by atoms with van der Waals surface area (Å²) in [5.74, 6) is 1.12. The van der Waals surface area contributed by atoms with Crippen molar-refractivity contribution in [1.29, 1.82) is 0 Å². The molecule has 0 saturated heterocycles. The van der Waals surface area contributed by atoms with Crippen LogP contribution in [0, 0.1) is 0 Å². The lowest BCUT2D eigenvalue weighted by Crippen LogP contribution is -2.32. The fourth-order valence-electron chi connectivity index (χ4n) is 3.67. The highest BCUT2D eigenvalue weighted by Crippen LogP contribution is 2.43. The first-order valence-corrected chi connectivity index (χ1v) is 10.4. The fourth-order valence-corrected chi connectivity index (χ4v) is 4.68. The van der Waals surface area contributed by atoms with Gasteiger partial charge in [0, 0.05) is 28.1 Å². The van der Waals surface area contributed by atoms with Crippen LogP contribution in [-0.4, -0.2) is 21.5 Å². The summed E-state index contributed by atoms with van der Waals surface area (Å²) in [5.41, 5.74) is 2.88. The number of allylic oxidation sites excluding steroid dienone is 2. The Bertz CT molecular complexity index is 983. The van der Waals surface area contributed by atoms with E-state index in [4.69, 9.17) is 0 Å². The molecule has 0 saturated carbocycles. The summed E-state index contributed by atoms with van der Waals surface area (Å²) < 4.78 is 0.919. The second kappa shape index (κ2) is 7.04. The number of nitrogens with zero attached hydrogens (tertiary/aromatic N) is 1. The third-order valence-electron chi connectivity index (χ3n) is 4.70. The molecule has 1 aromatic carbocycles. The van der Waals surface area contributed by atoms with E-state index in [0.29, 0.717) is 28.5 Å². The number of hydrogen-bond donors (Lipinski definition) is 2. The predicted molar refractivity (Wildman–Crippen MR) is 107 cm³/mol. The maximum atomic E-state index is 12.9. The molecule has 1 aromatic heterocycles. The van der Waals surface area contributed by atoms with E-state index in [0.717, 1.165) is 34.3 Å². The van der Waals surface area contributed by atoms with Crippen molar-refractivity contribution in [3.8, 4) is 0 Å². The van der Waals surface area contributed by atoms with Gasteiger partial charge in [0.15, 0.2) is 10.9 Å². The molecule has 2 aliphatic rings. The number of halogens is 1. The molecule has 1 aliphatic heterocycles. The highest BCUT2D eigenvalue weighted by atomic mass is 79.9. The topological polar surface area (TPSA) is 74.8 Å². The van der Waals surface area contributed by atoms with Crippen LogP contribution in [0.4, 0.5) is 5.82 Å². The third kappa shape index (κ3) is 3.03. The lowest BCUT2D eigenvalue weighted by Gasteiger charge is -2.32. The Kier molecular flexibility index (Phi) is 4.75. The third-order valence-corrected chi connectivity index (χ3v) is 5.95. The quantitative estimate of drug-likeness (QED) is 0.562. The van der Waals surface area contributed by atoms with Crippen molar-refractivity contribution in [2.24, 2.45) is 0 Å². The smallest absolute Gasteiger partial charge is 0.257 e. The number of anilines is 1. The number of H-pyrrole nitrogens is 1. The molecular formula is C19H18BrN3O2S. The van der Waals surface area contributed by atoms with Gasteiger partial charge >= 0.3 is 0 Å². The van der Waals surface area contributed by atoms with E-state index in [1.807, 2.05) is 31.2 Å². The van der Waals surface area contributed by atoms with Crippen molar-refractivity contribution in [2.45, 2.75) is 37.3 Å². The monoisotopic (exact) mass is 431 g/mol. The SMILES string of the molecule is CCSc1nc2c(c(=O)[nH]1)[C@H](c1cccc(Br)c1)C1=C(CCCC1=O)N2. The molecule has 0 unspecified atom stereocenters.